The van der Waals surface area contributed by atoms with Crippen LogP contribution in [0, 0.1) is 0 Å². The van der Waals surface area contributed by atoms with Crippen LogP contribution in [-0.2, 0) is 5.41 Å². The second-order valence-electron chi connectivity index (χ2n) is 5.63. The molecule has 2 nitrogen and oxygen atoms in total. The zero-order valence-corrected chi connectivity index (χ0v) is 11.6. The van der Waals surface area contributed by atoms with Crippen molar-refractivity contribution in [1.29, 1.82) is 0 Å². The van der Waals surface area contributed by atoms with Gasteiger partial charge < -0.3 is 10.1 Å². The van der Waals surface area contributed by atoms with Gasteiger partial charge in [0.1, 0.15) is 5.75 Å². The molecule has 0 atom stereocenters. The van der Waals surface area contributed by atoms with Gasteiger partial charge in [-0.2, -0.15) is 0 Å². The highest BCUT2D eigenvalue weighted by Crippen LogP contribution is 2.47. The van der Waals surface area contributed by atoms with E-state index in [4.69, 9.17) is 16.3 Å². The molecule has 1 aromatic rings. The molecule has 0 aliphatic heterocycles. The fraction of sp³-hybridized carbons (Fsp3) is 0.600. The van der Waals surface area contributed by atoms with Gasteiger partial charge in [-0.1, -0.05) is 18.0 Å². The summed E-state index contributed by atoms with van der Waals surface area (Å²) < 4.78 is 5.52. The SMILES string of the molecule is COc1ccc(Cl)cc1C1(CNC2CC2)CCC1. The third kappa shape index (κ3) is 2.24. The first-order valence-corrected chi connectivity index (χ1v) is 7.19. The standard InChI is InChI=1S/C15H20ClNO/c1-18-14-6-3-11(16)9-13(14)15(7-2-8-15)10-17-12-4-5-12/h3,6,9,12,17H,2,4-5,7-8,10H2,1H3. The van der Waals surface area contributed by atoms with Gasteiger partial charge in [0.15, 0.2) is 0 Å². The van der Waals surface area contributed by atoms with Crippen LogP contribution in [0.25, 0.3) is 0 Å². The highest BCUT2D eigenvalue weighted by molar-refractivity contribution is 6.30. The van der Waals surface area contributed by atoms with Crippen LogP contribution in [0.5, 0.6) is 5.75 Å². The van der Waals surface area contributed by atoms with Gasteiger partial charge in [-0.25, -0.2) is 0 Å². The molecule has 18 heavy (non-hydrogen) atoms. The maximum Gasteiger partial charge on any atom is 0.122 e. The molecule has 0 bridgehead atoms. The first kappa shape index (κ1) is 12.3. The predicted octanol–water partition coefficient (Wildman–Crippen LogP) is 3.52. The van der Waals surface area contributed by atoms with E-state index in [0.717, 1.165) is 23.4 Å². The molecule has 0 unspecified atom stereocenters. The number of methoxy groups -OCH3 is 1. The Labute approximate surface area is 114 Å². The largest absolute Gasteiger partial charge is 0.496 e. The topological polar surface area (TPSA) is 21.3 Å². The molecule has 3 rings (SSSR count). The number of benzene rings is 1. The third-order valence-corrected chi connectivity index (χ3v) is 4.59. The van der Waals surface area contributed by atoms with E-state index in [1.807, 2.05) is 12.1 Å². The molecule has 0 aromatic heterocycles. The zero-order chi connectivity index (χ0) is 12.6. The lowest BCUT2D eigenvalue weighted by molar-refractivity contribution is 0.225. The molecule has 1 N–H and O–H groups in total. The van der Waals surface area contributed by atoms with Crippen LogP contribution >= 0.6 is 11.6 Å². The number of halogens is 1. The fourth-order valence-electron chi connectivity index (χ4n) is 2.87. The third-order valence-electron chi connectivity index (χ3n) is 4.35. The highest BCUT2D eigenvalue weighted by Gasteiger charge is 2.41. The second-order valence-corrected chi connectivity index (χ2v) is 6.07. The second kappa shape index (κ2) is 4.75. The molecule has 1 aromatic carbocycles. The van der Waals surface area contributed by atoms with Crippen LogP contribution in [0.1, 0.15) is 37.7 Å². The lowest BCUT2D eigenvalue weighted by Crippen LogP contribution is -2.44. The Kier molecular flexibility index (Phi) is 3.25. The van der Waals surface area contributed by atoms with Crippen molar-refractivity contribution < 1.29 is 4.74 Å². The predicted molar refractivity (Wildman–Crippen MR) is 74.6 cm³/mol. The van der Waals surface area contributed by atoms with Crippen molar-refractivity contribution in [3.8, 4) is 5.75 Å². The lowest BCUT2D eigenvalue weighted by Gasteiger charge is -2.43. The maximum atomic E-state index is 6.16. The van der Waals surface area contributed by atoms with Gasteiger partial charge in [-0.3, -0.25) is 0 Å². The van der Waals surface area contributed by atoms with Crippen molar-refractivity contribution in [3.63, 3.8) is 0 Å². The van der Waals surface area contributed by atoms with E-state index < -0.39 is 0 Å². The summed E-state index contributed by atoms with van der Waals surface area (Å²) in [7, 11) is 1.74. The van der Waals surface area contributed by atoms with Crippen molar-refractivity contribution in [2.75, 3.05) is 13.7 Å². The Morgan fingerprint density at radius 1 is 1.39 bits per heavy atom. The molecule has 2 saturated carbocycles. The molecule has 0 amide bonds. The number of hydrogen-bond donors (Lipinski definition) is 1. The van der Waals surface area contributed by atoms with Gasteiger partial charge in [-0.15, -0.1) is 0 Å². The summed E-state index contributed by atoms with van der Waals surface area (Å²) in [5.74, 6) is 0.983. The lowest BCUT2D eigenvalue weighted by atomic mass is 9.64. The average molecular weight is 266 g/mol. The molecular weight excluding hydrogens is 246 g/mol. The quantitative estimate of drug-likeness (QED) is 0.880. The molecule has 2 fully saturated rings. The Balaban J connectivity index is 1.86. The zero-order valence-electron chi connectivity index (χ0n) is 10.8. The van der Waals surface area contributed by atoms with Gasteiger partial charge in [0.05, 0.1) is 7.11 Å². The summed E-state index contributed by atoms with van der Waals surface area (Å²) in [6.07, 6.45) is 6.46. The van der Waals surface area contributed by atoms with Gasteiger partial charge in [0, 0.05) is 28.6 Å². The van der Waals surface area contributed by atoms with Crippen molar-refractivity contribution >= 4 is 11.6 Å². The Morgan fingerprint density at radius 3 is 2.72 bits per heavy atom. The maximum absolute atomic E-state index is 6.16. The first-order chi connectivity index (χ1) is 8.73. The molecular formula is C15H20ClNO. The molecule has 98 valence electrons. The summed E-state index contributed by atoms with van der Waals surface area (Å²) in [5, 5.41) is 4.48. The Hall–Kier alpha value is -0.730. The summed E-state index contributed by atoms with van der Waals surface area (Å²) in [4.78, 5) is 0. The van der Waals surface area contributed by atoms with Gasteiger partial charge in [-0.05, 0) is 43.9 Å². The summed E-state index contributed by atoms with van der Waals surface area (Å²) in [5.41, 5.74) is 1.54. The van der Waals surface area contributed by atoms with Crippen molar-refractivity contribution in [3.05, 3.63) is 28.8 Å². The van der Waals surface area contributed by atoms with Gasteiger partial charge in [0.25, 0.3) is 0 Å². The monoisotopic (exact) mass is 265 g/mol. The van der Waals surface area contributed by atoms with E-state index >= 15 is 0 Å². The minimum atomic E-state index is 0.249. The Bertz CT molecular complexity index is 438. The minimum Gasteiger partial charge on any atom is -0.496 e. The van der Waals surface area contributed by atoms with Crippen molar-refractivity contribution in [1.82, 2.24) is 5.32 Å². The van der Waals surface area contributed by atoms with Crippen LogP contribution in [0.15, 0.2) is 18.2 Å². The van der Waals surface area contributed by atoms with E-state index in [2.05, 4.69) is 11.4 Å². The number of nitrogens with one attached hydrogen (secondary N) is 1. The van der Waals surface area contributed by atoms with Crippen LogP contribution in [0.2, 0.25) is 5.02 Å². The van der Waals surface area contributed by atoms with E-state index in [0.29, 0.717) is 0 Å². The average Bonchev–Trinajstić information content (AvgIpc) is 3.12. The van der Waals surface area contributed by atoms with E-state index in [-0.39, 0.29) is 5.41 Å². The van der Waals surface area contributed by atoms with Crippen molar-refractivity contribution in [2.24, 2.45) is 0 Å². The molecule has 2 aliphatic carbocycles. The van der Waals surface area contributed by atoms with E-state index in [9.17, 15) is 0 Å². The fourth-order valence-corrected chi connectivity index (χ4v) is 3.04. The van der Waals surface area contributed by atoms with Gasteiger partial charge in [0.2, 0.25) is 0 Å². The van der Waals surface area contributed by atoms with Gasteiger partial charge >= 0.3 is 0 Å². The number of ether oxygens (including phenoxy) is 1. The first-order valence-electron chi connectivity index (χ1n) is 6.81. The van der Waals surface area contributed by atoms with Crippen molar-refractivity contribution in [2.45, 2.75) is 43.6 Å². The summed E-state index contributed by atoms with van der Waals surface area (Å²) in [6.45, 7) is 1.06. The number of hydrogen-bond acceptors (Lipinski definition) is 2. The summed E-state index contributed by atoms with van der Waals surface area (Å²) >= 11 is 6.16. The molecule has 0 heterocycles. The van der Waals surface area contributed by atoms with Crippen LogP contribution in [-0.4, -0.2) is 19.7 Å². The molecule has 0 spiro atoms. The molecule has 3 heteroatoms. The summed E-state index contributed by atoms with van der Waals surface area (Å²) in [6, 6.07) is 6.75. The van der Waals surface area contributed by atoms with Crippen LogP contribution < -0.4 is 10.1 Å². The molecule has 2 aliphatic rings. The van der Waals surface area contributed by atoms with Crippen LogP contribution in [0.3, 0.4) is 0 Å². The van der Waals surface area contributed by atoms with E-state index in [1.54, 1.807) is 7.11 Å². The van der Waals surface area contributed by atoms with E-state index in [1.165, 1.54) is 37.7 Å². The molecule has 0 saturated heterocycles. The minimum absolute atomic E-state index is 0.249. The normalized spacial score (nSPS) is 21.4. The van der Waals surface area contributed by atoms with Crippen LogP contribution in [0.4, 0.5) is 0 Å². The molecule has 0 radical (unpaired) electrons. The smallest absolute Gasteiger partial charge is 0.122 e. The Morgan fingerprint density at radius 2 is 2.17 bits per heavy atom. The number of rotatable bonds is 5. The highest BCUT2D eigenvalue weighted by atomic mass is 35.5.